The number of alkyl carbamates (subject to hydrolysis) is 1. The monoisotopic (exact) mass is 553 g/mol. The molecule has 1 aliphatic rings. The van der Waals surface area contributed by atoms with E-state index in [-0.39, 0.29) is 36.3 Å². The molecule has 3 aromatic rings. The van der Waals surface area contributed by atoms with Crippen LogP contribution >= 0.6 is 0 Å². The molecule has 1 amide bonds. The maximum absolute atomic E-state index is 15.4. The highest BCUT2D eigenvalue weighted by Crippen LogP contribution is 2.42. The summed E-state index contributed by atoms with van der Waals surface area (Å²) in [6.07, 6.45) is -2.66. The van der Waals surface area contributed by atoms with Crippen LogP contribution in [0.2, 0.25) is 0 Å². The predicted molar refractivity (Wildman–Crippen MR) is 131 cm³/mol. The Morgan fingerprint density at radius 3 is 2.46 bits per heavy atom. The number of halogens is 5. The van der Waals surface area contributed by atoms with E-state index in [1.807, 2.05) is 0 Å². The molecular formula is C27H28F5N3O4. The number of benzene rings is 2. The van der Waals surface area contributed by atoms with Crippen molar-refractivity contribution in [3.8, 4) is 0 Å². The number of nitrogens with one attached hydrogen (secondary N) is 2. The summed E-state index contributed by atoms with van der Waals surface area (Å²) in [5.41, 5.74) is 0.0900. The first-order valence-corrected chi connectivity index (χ1v) is 12.5. The highest BCUT2D eigenvalue weighted by atomic mass is 19.3. The van der Waals surface area contributed by atoms with Gasteiger partial charge in [-0.05, 0) is 37.3 Å². The summed E-state index contributed by atoms with van der Waals surface area (Å²) < 4.78 is 75.7. The van der Waals surface area contributed by atoms with Crippen molar-refractivity contribution in [1.82, 2.24) is 15.3 Å². The Bertz CT molecular complexity index is 1320. The van der Waals surface area contributed by atoms with Gasteiger partial charge in [-0.15, -0.1) is 0 Å². The third-order valence-corrected chi connectivity index (χ3v) is 6.89. The van der Waals surface area contributed by atoms with Crippen molar-refractivity contribution >= 4 is 23.1 Å². The molecule has 0 spiro atoms. The van der Waals surface area contributed by atoms with E-state index in [4.69, 9.17) is 4.74 Å². The number of fused-ring (bicyclic) bond motifs is 1. The fourth-order valence-electron chi connectivity index (χ4n) is 4.88. The fourth-order valence-corrected chi connectivity index (χ4v) is 4.88. The van der Waals surface area contributed by atoms with Crippen LogP contribution in [0.5, 0.6) is 0 Å². The molecular weight excluding hydrogens is 525 g/mol. The van der Waals surface area contributed by atoms with Crippen molar-refractivity contribution < 1.29 is 41.4 Å². The number of H-pyrrole nitrogens is 1. The first-order chi connectivity index (χ1) is 18.3. The van der Waals surface area contributed by atoms with Crippen LogP contribution in [0.3, 0.4) is 0 Å². The first-order valence-electron chi connectivity index (χ1n) is 12.5. The van der Waals surface area contributed by atoms with Gasteiger partial charge in [-0.25, -0.2) is 31.7 Å². The minimum Gasteiger partial charge on any atom is -0.481 e. The van der Waals surface area contributed by atoms with Gasteiger partial charge in [0.2, 0.25) is 11.8 Å². The third kappa shape index (κ3) is 7.04. The molecule has 0 radical (unpaired) electrons. The Kier molecular flexibility index (Phi) is 8.12. The molecule has 210 valence electrons. The average Bonchev–Trinajstić information content (AvgIpc) is 3.30. The molecule has 0 unspecified atom stereocenters. The summed E-state index contributed by atoms with van der Waals surface area (Å²) in [7, 11) is 0. The highest BCUT2D eigenvalue weighted by molar-refractivity contribution is 5.82. The molecule has 12 heteroatoms. The quantitative estimate of drug-likeness (QED) is 0.256. The largest absolute Gasteiger partial charge is 0.481 e. The van der Waals surface area contributed by atoms with Crippen LogP contribution in [0.4, 0.5) is 26.7 Å². The zero-order valence-electron chi connectivity index (χ0n) is 21.0. The summed E-state index contributed by atoms with van der Waals surface area (Å²) >= 11 is 0. The lowest BCUT2D eigenvalue weighted by Gasteiger charge is -2.33. The zero-order valence-corrected chi connectivity index (χ0v) is 21.0. The molecule has 1 fully saturated rings. The van der Waals surface area contributed by atoms with Crippen molar-refractivity contribution in [2.75, 3.05) is 0 Å². The van der Waals surface area contributed by atoms with Crippen LogP contribution in [-0.2, 0) is 16.1 Å². The van der Waals surface area contributed by atoms with Gasteiger partial charge in [0.05, 0.1) is 17.5 Å². The first kappa shape index (κ1) is 28.3. The number of ether oxygens (including phenoxy) is 1. The molecule has 1 aliphatic carbocycles. The van der Waals surface area contributed by atoms with Gasteiger partial charge in [0, 0.05) is 24.8 Å². The third-order valence-electron chi connectivity index (χ3n) is 6.89. The molecule has 0 saturated heterocycles. The molecule has 7 nitrogen and oxygen atoms in total. The van der Waals surface area contributed by atoms with Gasteiger partial charge in [-0.1, -0.05) is 36.4 Å². The minimum atomic E-state index is -3.36. The number of alkyl halides is 4. The summed E-state index contributed by atoms with van der Waals surface area (Å²) in [5, 5.41) is 12.1. The van der Waals surface area contributed by atoms with Crippen LogP contribution in [0.1, 0.15) is 67.9 Å². The number of aliphatic carboxylic acids is 1. The predicted octanol–water partition coefficient (Wildman–Crippen LogP) is 6.71. The Morgan fingerprint density at radius 1 is 1.18 bits per heavy atom. The second-order valence-corrected chi connectivity index (χ2v) is 10.0. The Morgan fingerprint density at radius 2 is 1.85 bits per heavy atom. The molecule has 2 atom stereocenters. The van der Waals surface area contributed by atoms with E-state index in [2.05, 4.69) is 15.3 Å². The number of hydrogen-bond acceptors (Lipinski definition) is 4. The van der Waals surface area contributed by atoms with Gasteiger partial charge in [-0.3, -0.25) is 4.79 Å². The van der Waals surface area contributed by atoms with Crippen LogP contribution in [0.15, 0.2) is 42.5 Å². The van der Waals surface area contributed by atoms with E-state index in [9.17, 15) is 32.3 Å². The Labute approximate surface area is 220 Å². The number of carboxylic acid groups (broad SMARTS) is 1. The van der Waals surface area contributed by atoms with Crippen molar-refractivity contribution in [3.63, 3.8) is 0 Å². The molecule has 1 aromatic heterocycles. The zero-order chi connectivity index (χ0) is 28.4. The van der Waals surface area contributed by atoms with Crippen LogP contribution in [-0.4, -0.2) is 39.0 Å². The number of imidazole rings is 1. The van der Waals surface area contributed by atoms with Gasteiger partial charge in [-0.2, -0.15) is 0 Å². The second kappa shape index (κ2) is 11.2. The number of hydrogen-bond donors (Lipinski definition) is 3. The number of carbonyl (C=O) groups excluding carboxylic acids is 1. The molecule has 3 N–H and O–H groups in total. The molecule has 4 rings (SSSR count). The number of rotatable bonds is 9. The van der Waals surface area contributed by atoms with Crippen LogP contribution in [0, 0.1) is 11.7 Å². The van der Waals surface area contributed by atoms with E-state index in [0.29, 0.717) is 6.92 Å². The topological polar surface area (TPSA) is 104 Å². The molecule has 2 aromatic carbocycles. The van der Waals surface area contributed by atoms with E-state index in [1.165, 1.54) is 6.07 Å². The molecule has 0 aliphatic heterocycles. The van der Waals surface area contributed by atoms with Gasteiger partial charge >= 0.3 is 12.1 Å². The Hall–Kier alpha value is -3.70. The number of nitrogens with zero attached hydrogens (tertiary/aromatic N) is 1. The van der Waals surface area contributed by atoms with Crippen LogP contribution < -0.4 is 5.32 Å². The van der Waals surface area contributed by atoms with E-state index in [1.54, 1.807) is 30.3 Å². The smallest absolute Gasteiger partial charge is 0.408 e. The fraction of sp³-hybridized carbons (Fsp3) is 0.444. The molecule has 0 bridgehead atoms. The van der Waals surface area contributed by atoms with E-state index in [0.717, 1.165) is 11.6 Å². The van der Waals surface area contributed by atoms with Crippen molar-refractivity contribution in [2.45, 2.75) is 69.4 Å². The maximum atomic E-state index is 15.4. The lowest BCUT2D eigenvalue weighted by Crippen LogP contribution is -2.38. The molecule has 1 heterocycles. The summed E-state index contributed by atoms with van der Waals surface area (Å²) in [6.45, 7) is 0.506. The number of amides is 1. The van der Waals surface area contributed by atoms with Gasteiger partial charge in [0.15, 0.2) is 5.82 Å². The number of carboxylic acids is 1. The van der Waals surface area contributed by atoms with E-state index >= 15 is 4.39 Å². The number of aromatic nitrogens is 2. The van der Waals surface area contributed by atoms with Crippen molar-refractivity contribution in [2.24, 2.45) is 5.92 Å². The molecule has 1 saturated carbocycles. The Balaban J connectivity index is 1.63. The number of carbonyl (C=O) groups is 2. The summed E-state index contributed by atoms with van der Waals surface area (Å²) in [6, 6.07) is 10.3. The second-order valence-electron chi connectivity index (χ2n) is 10.0. The average molecular weight is 554 g/mol. The van der Waals surface area contributed by atoms with Gasteiger partial charge in [0.1, 0.15) is 17.9 Å². The SMILES string of the molecule is CC(F)(F)C[C@H](C(=O)O)c1ccc2[nH]c([C@@H](NC(=O)OCc3ccccc3)C3CCC(F)(F)CC3)nc2c1F. The normalized spacial score (nSPS) is 17.5. The van der Waals surface area contributed by atoms with Crippen molar-refractivity contribution in [1.29, 1.82) is 0 Å². The summed E-state index contributed by atoms with van der Waals surface area (Å²) in [5.74, 6) is -11.2. The standard InChI is InChI=1S/C27H28F5N3O4/c1-26(29,30)13-18(24(36)37)17-7-8-19-22(20(17)28)34-23(33-19)21(16-9-11-27(31,32)12-10-16)35-25(38)39-14-15-5-3-2-4-6-15/h2-8,16,18,21H,9-14H2,1H3,(H,33,34)(H,35,38)(H,36,37)/t18-,21-/m0/s1. The molecule has 39 heavy (non-hydrogen) atoms. The lowest BCUT2D eigenvalue weighted by atomic mass is 9.82. The van der Waals surface area contributed by atoms with E-state index < -0.39 is 72.4 Å². The van der Waals surface area contributed by atoms with Gasteiger partial charge < -0.3 is 20.1 Å². The number of aromatic amines is 1. The highest BCUT2D eigenvalue weighted by Gasteiger charge is 2.40. The minimum absolute atomic E-state index is 0.0428. The van der Waals surface area contributed by atoms with Crippen molar-refractivity contribution in [3.05, 3.63) is 65.2 Å². The van der Waals surface area contributed by atoms with Gasteiger partial charge in [0.25, 0.3) is 0 Å². The summed E-state index contributed by atoms with van der Waals surface area (Å²) in [4.78, 5) is 31.4. The van der Waals surface area contributed by atoms with Crippen LogP contribution in [0.25, 0.3) is 11.0 Å². The lowest BCUT2D eigenvalue weighted by molar-refractivity contribution is -0.141. The maximum Gasteiger partial charge on any atom is 0.408 e.